The van der Waals surface area contributed by atoms with Gasteiger partial charge in [-0.2, -0.15) is 0 Å². The summed E-state index contributed by atoms with van der Waals surface area (Å²) in [7, 11) is 0. The van der Waals surface area contributed by atoms with Crippen LogP contribution in [-0.4, -0.2) is 5.78 Å². The molecule has 0 spiro atoms. The van der Waals surface area contributed by atoms with E-state index in [0.717, 1.165) is 12.0 Å². The largest absolute Gasteiger partial charge is 0.289 e. The third-order valence-electron chi connectivity index (χ3n) is 2.67. The van der Waals surface area contributed by atoms with Crippen LogP contribution in [0.1, 0.15) is 49.0 Å². The SMILES string of the molecule is C=C(C)C(=O)c1ccc(CCCCC)cc1. The van der Waals surface area contributed by atoms with Crippen LogP contribution >= 0.6 is 0 Å². The highest BCUT2D eigenvalue weighted by Gasteiger charge is 2.05. The third-order valence-corrected chi connectivity index (χ3v) is 2.67. The molecule has 1 aromatic carbocycles. The van der Waals surface area contributed by atoms with E-state index in [9.17, 15) is 4.79 Å². The van der Waals surface area contributed by atoms with Crippen molar-refractivity contribution in [2.75, 3.05) is 0 Å². The Hall–Kier alpha value is -1.37. The van der Waals surface area contributed by atoms with Crippen LogP contribution in [0.15, 0.2) is 36.4 Å². The molecular weight excluding hydrogens is 196 g/mol. The molecule has 0 saturated carbocycles. The van der Waals surface area contributed by atoms with Crippen LogP contribution < -0.4 is 0 Å². The fraction of sp³-hybridized carbons (Fsp3) is 0.400. The van der Waals surface area contributed by atoms with Crippen molar-refractivity contribution in [1.29, 1.82) is 0 Å². The molecule has 0 aliphatic rings. The number of Topliss-reactive ketones (excluding diaryl/α,β-unsaturated/α-hetero) is 1. The lowest BCUT2D eigenvalue weighted by Gasteiger charge is -2.03. The van der Waals surface area contributed by atoms with Gasteiger partial charge in [-0.1, -0.05) is 50.6 Å². The first-order chi connectivity index (χ1) is 7.65. The molecule has 0 bridgehead atoms. The van der Waals surface area contributed by atoms with E-state index in [1.54, 1.807) is 6.92 Å². The molecule has 0 heterocycles. The van der Waals surface area contributed by atoms with Crippen molar-refractivity contribution in [3.63, 3.8) is 0 Å². The van der Waals surface area contributed by atoms with Gasteiger partial charge in [-0.15, -0.1) is 0 Å². The lowest BCUT2D eigenvalue weighted by atomic mass is 10.0. The Balaban J connectivity index is 2.61. The Bertz CT molecular complexity index is 360. The number of rotatable bonds is 6. The zero-order chi connectivity index (χ0) is 12.0. The summed E-state index contributed by atoms with van der Waals surface area (Å²) in [5.74, 6) is 0.0418. The lowest BCUT2D eigenvalue weighted by Crippen LogP contribution is -1.99. The van der Waals surface area contributed by atoms with E-state index in [4.69, 9.17) is 0 Å². The summed E-state index contributed by atoms with van der Waals surface area (Å²) < 4.78 is 0. The zero-order valence-electron chi connectivity index (χ0n) is 10.3. The fourth-order valence-corrected chi connectivity index (χ4v) is 1.65. The number of hydrogen-bond donors (Lipinski definition) is 0. The summed E-state index contributed by atoms with van der Waals surface area (Å²) in [5.41, 5.74) is 2.65. The quantitative estimate of drug-likeness (QED) is 0.396. The molecule has 0 aromatic heterocycles. The van der Waals surface area contributed by atoms with E-state index >= 15 is 0 Å². The summed E-state index contributed by atoms with van der Waals surface area (Å²) >= 11 is 0. The van der Waals surface area contributed by atoms with Gasteiger partial charge in [0.05, 0.1) is 0 Å². The first-order valence-electron chi connectivity index (χ1n) is 5.94. The van der Waals surface area contributed by atoms with Gasteiger partial charge in [0.25, 0.3) is 0 Å². The number of unbranched alkanes of at least 4 members (excludes halogenated alkanes) is 2. The predicted molar refractivity (Wildman–Crippen MR) is 68.8 cm³/mol. The van der Waals surface area contributed by atoms with E-state index < -0.39 is 0 Å². The number of allylic oxidation sites excluding steroid dienone is 1. The first kappa shape index (κ1) is 12.7. The normalized spacial score (nSPS) is 10.1. The van der Waals surface area contributed by atoms with Crippen molar-refractivity contribution >= 4 is 5.78 Å². The summed E-state index contributed by atoms with van der Waals surface area (Å²) in [4.78, 5) is 11.6. The summed E-state index contributed by atoms with van der Waals surface area (Å²) in [6, 6.07) is 7.90. The lowest BCUT2D eigenvalue weighted by molar-refractivity contribution is 0.103. The summed E-state index contributed by atoms with van der Waals surface area (Å²) in [6.45, 7) is 7.62. The minimum absolute atomic E-state index is 0.0418. The highest BCUT2D eigenvalue weighted by molar-refractivity contribution is 6.07. The maximum Gasteiger partial charge on any atom is 0.188 e. The monoisotopic (exact) mass is 216 g/mol. The van der Waals surface area contributed by atoms with Crippen LogP contribution in [0.3, 0.4) is 0 Å². The number of ketones is 1. The zero-order valence-corrected chi connectivity index (χ0v) is 10.3. The highest BCUT2D eigenvalue weighted by atomic mass is 16.1. The first-order valence-corrected chi connectivity index (χ1v) is 5.94. The van der Waals surface area contributed by atoms with Gasteiger partial charge in [-0.25, -0.2) is 0 Å². The van der Waals surface area contributed by atoms with Crippen molar-refractivity contribution < 1.29 is 4.79 Å². The van der Waals surface area contributed by atoms with E-state index in [1.807, 2.05) is 24.3 Å². The van der Waals surface area contributed by atoms with Crippen molar-refractivity contribution in [1.82, 2.24) is 0 Å². The van der Waals surface area contributed by atoms with Gasteiger partial charge in [0, 0.05) is 5.56 Å². The minimum atomic E-state index is 0.0418. The Morgan fingerprint density at radius 1 is 1.19 bits per heavy atom. The van der Waals surface area contributed by atoms with Crippen LogP contribution in [0.25, 0.3) is 0 Å². The van der Waals surface area contributed by atoms with Gasteiger partial charge < -0.3 is 0 Å². The molecule has 1 nitrogen and oxygen atoms in total. The van der Waals surface area contributed by atoms with E-state index in [2.05, 4.69) is 13.5 Å². The van der Waals surface area contributed by atoms with Crippen molar-refractivity contribution in [3.05, 3.63) is 47.5 Å². The molecule has 0 N–H and O–H groups in total. The molecule has 1 aromatic rings. The molecular formula is C15H20O. The Kier molecular flexibility index (Phi) is 4.97. The molecule has 0 atom stereocenters. The average molecular weight is 216 g/mol. The number of hydrogen-bond acceptors (Lipinski definition) is 1. The van der Waals surface area contributed by atoms with Crippen LogP contribution in [0.5, 0.6) is 0 Å². The van der Waals surface area contributed by atoms with Crippen LogP contribution in [-0.2, 0) is 6.42 Å². The molecule has 1 rings (SSSR count). The Morgan fingerprint density at radius 3 is 2.31 bits per heavy atom. The van der Waals surface area contributed by atoms with Crippen molar-refractivity contribution in [2.45, 2.75) is 39.5 Å². The van der Waals surface area contributed by atoms with Crippen molar-refractivity contribution in [3.8, 4) is 0 Å². The fourth-order valence-electron chi connectivity index (χ4n) is 1.65. The molecule has 0 aliphatic heterocycles. The van der Waals surface area contributed by atoms with E-state index in [-0.39, 0.29) is 5.78 Å². The minimum Gasteiger partial charge on any atom is -0.289 e. The molecule has 0 amide bonds. The Morgan fingerprint density at radius 2 is 1.81 bits per heavy atom. The topological polar surface area (TPSA) is 17.1 Å². The van der Waals surface area contributed by atoms with Crippen molar-refractivity contribution in [2.24, 2.45) is 0 Å². The molecule has 0 aliphatic carbocycles. The standard InChI is InChI=1S/C15H20O/c1-4-5-6-7-13-8-10-14(11-9-13)15(16)12(2)3/h8-11H,2,4-7H2,1,3H3. The van der Waals surface area contributed by atoms with Gasteiger partial charge >= 0.3 is 0 Å². The maximum absolute atomic E-state index is 11.6. The van der Waals surface area contributed by atoms with Gasteiger partial charge in [0.1, 0.15) is 0 Å². The number of aryl methyl sites for hydroxylation is 1. The number of carbonyl (C=O) groups excluding carboxylic acids is 1. The molecule has 1 heteroatoms. The summed E-state index contributed by atoms with van der Waals surface area (Å²) in [5, 5.41) is 0. The molecule has 86 valence electrons. The summed E-state index contributed by atoms with van der Waals surface area (Å²) in [6.07, 6.45) is 4.85. The van der Waals surface area contributed by atoms with Gasteiger partial charge in [0.15, 0.2) is 5.78 Å². The Labute approximate surface area is 98.2 Å². The predicted octanol–water partition coefficient (Wildman–Crippen LogP) is 4.18. The third kappa shape index (κ3) is 3.65. The van der Waals surface area contributed by atoms with Gasteiger partial charge in [-0.05, 0) is 30.9 Å². The molecule has 0 unspecified atom stereocenters. The smallest absolute Gasteiger partial charge is 0.188 e. The molecule has 0 fully saturated rings. The van der Waals surface area contributed by atoms with Crippen LogP contribution in [0, 0.1) is 0 Å². The maximum atomic E-state index is 11.6. The number of benzene rings is 1. The van der Waals surface area contributed by atoms with Gasteiger partial charge in [0.2, 0.25) is 0 Å². The highest BCUT2D eigenvalue weighted by Crippen LogP contribution is 2.11. The van der Waals surface area contributed by atoms with Crippen LogP contribution in [0.2, 0.25) is 0 Å². The molecule has 16 heavy (non-hydrogen) atoms. The van der Waals surface area contributed by atoms with E-state index in [0.29, 0.717) is 5.57 Å². The van der Waals surface area contributed by atoms with Crippen LogP contribution in [0.4, 0.5) is 0 Å². The second-order valence-corrected chi connectivity index (χ2v) is 4.26. The van der Waals surface area contributed by atoms with E-state index in [1.165, 1.54) is 24.8 Å². The average Bonchev–Trinajstić information content (AvgIpc) is 2.29. The number of carbonyl (C=O) groups is 1. The second kappa shape index (κ2) is 6.26. The van der Waals surface area contributed by atoms with Gasteiger partial charge in [-0.3, -0.25) is 4.79 Å². The molecule has 0 saturated heterocycles. The molecule has 0 radical (unpaired) electrons. The second-order valence-electron chi connectivity index (χ2n) is 4.26.